The summed E-state index contributed by atoms with van der Waals surface area (Å²) >= 11 is 0. The first kappa shape index (κ1) is 18.4. The van der Waals surface area contributed by atoms with Crippen molar-refractivity contribution in [2.45, 2.75) is 12.5 Å². The van der Waals surface area contributed by atoms with Gasteiger partial charge in [-0.25, -0.2) is 9.69 Å². The van der Waals surface area contributed by atoms with Crippen LogP contribution in [0.3, 0.4) is 0 Å². The second kappa shape index (κ2) is 7.98. The van der Waals surface area contributed by atoms with Gasteiger partial charge in [0.15, 0.2) is 5.75 Å². The lowest BCUT2D eigenvalue weighted by atomic mass is 10.1. The highest BCUT2D eigenvalue weighted by atomic mass is 16.5. The molecule has 0 radical (unpaired) electrons. The number of carbonyl (C=O) groups is 3. The summed E-state index contributed by atoms with van der Waals surface area (Å²) in [7, 11) is 0. The van der Waals surface area contributed by atoms with E-state index in [4.69, 9.17) is 4.74 Å². The minimum Gasteiger partial charge on any atom is -0.423 e. The molecule has 29 heavy (non-hydrogen) atoms. The first-order valence-electron chi connectivity index (χ1n) is 9.18. The maximum absolute atomic E-state index is 13.1. The molecule has 0 aromatic heterocycles. The van der Waals surface area contributed by atoms with Crippen molar-refractivity contribution in [3.63, 3.8) is 0 Å². The fourth-order valence-corrected chi connectivity index (χ4v) is 3.16. The number of hydrogen-bond donors (Lipinski definition) is 1. The normalized spacial score (nSPS) is 14.9. The van der Waals surface area contributed by atoms with Gasteiger partial charge in [-0.3, -0.25) is 9.59 Å². The first-order valence-corrected chi connectivity index (χ1v) is 9.18. The van der Waals surface area contributed by atoms with E-state index in [-0.39, 0.29) is 6.42 Å². The summed E-state index contributed by atoms with van der Waals surface area (Å²) in [6, 6.07) is 23.3. The molecule has 1 aliphatic heterocycles. The van der Waals surface area contributed by atoms with Gasteiger partial charge >= 0.3 is 5.97 Å². The van der Waals surface area contributed by atoms with Crippen molar-refractivity contribution in [1.29, 1.82) is 0 Å². The molecule has 0 fully saturated rings. The molecule has 1 N–H and O–H groups in total. The zero-order chi connectivity index (χ0) is 20.2. The minimum atomic E-state index is -0.882. The maximum Gasteiger partial charge on any atom is 0.334 e. The lowest BCUT2D eigenvalue weighted by Crippen LogP contribution is -2.44. The molecular formula is C23H18N2O4. The smallest absolute Gasteiger partial charge is 0.334 e. The molecule has 3 aromatic carbocycles. The van der Waals surface area contributed by atoms with Gasteiger partial charge in [0.05, 0.1) is 17.8 Å². The maximum atomic E-state index is 13.1. The number of fused-ring (bicyclic) bond motifs is 1. The van der Waals surface area contributed by atoms with Gasteiger partial charge in [0.25, 0.3) is 5.91 Å². The van der Waals surface area contributed by atoms with Crippen LogP contribution in [0.5, 0.6) is 5.75 Å². The third-order valence-electron chi connectivity index (χ3n) is 4.58. The van der Waals surface area contributed by atoms with Crippen molar-refractivity contribution >= 4 is 29.2 Å². The Kier molecular flexibility index (Phi) is 5.07. The van der Waals surface area contributed by atoms with Gasteiger partial charge in [-0.15, -0.1) is 0 Å². The van der Waals surface area contributed by atoms with Crippen LogP contribution in [0.4, 0.5) is 11.4 Å². The average Bonchev–Trinajstić information content (AvgIpc) is 2.76. The highest BCUT2D eigenvalue weighted by Gasteiger charge is 2.33. The van der Waals surface area contributed by atoms with Gasteiger partial charge in [0.2, 0.25) is 5.91 Å². The van der Waals surface area contributed by atoms with E-state index in [1.54, 1.807) is 84.9 Å². The van der Waals surface area contributed by atoms with E-state index in [0.717, 1.165) is 4.90 Å². The fourth-order valence-electron chi connectivity index (χ4n) is 3.16. The van der Waals surface area contributed by atoms with Gasteiger partial charge in [-0.05, 0) is 36.4 Å². The van der Waals surface area contributed by atoms with E-state index in [9.17, 15) is 14.4 Å². The largest absolute Gasteiger partial charge is 0.423 e. The molecule has 0 bridgehead atoms. The number of carbonyl (C=O) groups excluding carboxylic acids is 3. The lowest BCUT2D eigenvalue weighted by molar-refractivity contribution is -0.137. The van der Waals surface area contributed by atoms with E-state index in [1.165, 1.54) is 0 Å². The summed E-state index contributed by atoms with van der Waals surface area (Å²) in [5, 5.41) is 3.03. The Bertz CT molecular complexity index is 1050. The van der Waals surface area contributed by atoms with Crippen molar-refractivity contribution in [1.82, 2.24) is 0 Å². The number of imide groups is 1. The van der Waals surface area contributed by atoms with Crippen LogP contribution < -0.4 is 15.0 Å². The number of esters is 1. The summed E-state index contributed by atoms with van der Waals surface area (Å²) < 4.78 is 5.32. The number of benzene rings is 3. The monoisotopic (exact) mass is 386 g/mol. The molecule has 4 rings (SSSR count). The zero-order valence-corrected chi connectivity index (χ0v) is 15.4. The number of nitrogens with zero attached hydrogens (tertiary/aromatic N) is 1. The quantitative estimate of drug-likeness (QED) is 0.547. The first-order chi connectivity index (χ1) is 14.1. The summed E-state index contributed by atoms with van der Waals surface area (Å²) in [5.74, 6) is -1.09. The molecular weight excluding hydrogens is 368 g/mol. The molecule has 3 aromatic rings. The van der Waals surface area contributed by atoms with Crippen molar-refractivity contribution in [2.75, 3.05) is 10.2 Å². The van der Waals surface area contributed by atoms with E-state index >= 15 is 0 Å². The van der Waals surface area contributed by atoms with Gasteiger partial charge in [-0.1, -0.05) is 48.5 Å². The number of nitrogens with one attached hydrogen (secondary N) is 1. The minimum absolute atomic E-state index is 0.222. The molecule has 144 valence electrons. The van der Waals surface area contributed by atoms with Crippen LogP contribution in [0.25, 0.3) is 0 Å². The predicted molar refractivity (Wildman–Crippen MR) is 109 cm³/mol. The number of hydrogen-bond acceptors (Lipinski definition) is 5. The van der Waals surface area contributed by atoms with Crippen LogP contribution in [-0.2, 0) is 9.59 Å². The van der Waals surface area contributed by atoms with E-state index in [2.05, 4.69) is 5.32 Å². The summed E-state index contributed by atoms with van der Waals surface area (Å²) in [6.45, 7) is 0. The molecule has 1 unspecified atom stereocenters. The SMILES string of the molecule is O=C1Oc2ccccc2NC1CC(=O)N(C(=O)c1ccccc1)c1ccccc1. The average molecular weight is 386 g/mol. The topological polar surface area (TPSA) is 75.7 Å². The standard InChI is InChI=1S/C23H18N2O4/c26-21(15-19-23(28)29-20-14-8-7-13-18(20)24-19)25(17-11-5-2-6-12-17)22(27)16-9-3-1-4-10-16/h1-14,19,24H,15H2. The molecule has 1 atom stereocenters. The highest BCUT2D eigenvalue weighted by molar-refractivity contribution is 6.21. The van der Waals surface area contributed by atoms with Crippen molar-refractivity contribution in [3.8, 4) is 5.75 Å². The fraction of sp³-hybridized carbons (Fsp3) is 0.0870. The molecule has 0 spiro atoms. The molecule has 1 heterocycles. The summed E-state index contributed by atoms with van der Waals surface area (Å²) in [5.41, 5.74) is 1.45. The van der Waals surface area contributed by atoms with Crippen molar-refractivity contribution in [2.24, 2.45) is 0 Å². The number of ether oxygens (including phenoxy) is 1. The summed E-state index contributed by atoms with van der Waals surface area (Å²) in [6.07, 6.45) is -0.222. The Hall–Kier alpha value is -3.93. The van der Waals surface area contributed by atoms with Gasteiger partial charge in [-0.2, -0.15) is 0 Å². The zero-order valence-electron chi connectivity index (χ0n) is 15.4. The number of amides is 2. The van der Waals surface area contributed by atoms with Crippen molar-refractivity contribution < 1.29 is 19.1 Å². The van der Waals surface area contributed by atoms with Gasteiger partial charge < -0.3 is 10.1 Å². The third-order valence-corrected chi connectivity index (χ3v) is 4.58. The van der Waals surface area contributed by atoms with Crippen LogP contribution in [-0.4, -0.2) is 23.8 Å². The molecule has 6 heteroatoms. The molecule has 2 amide bonds. The Balaban J connectivity index is 1.61. The number of para-hydroxylation sites is 3. The van der Waals surface area contributed by atoms with E-state index in [0.29, 0.717) is 22.7 Å². The second-order valence-corrected chi connectivity index (χ2v) is 6.55. The van der Waals surface area contributed by atoms with Crippen LogP contribution in [0.1, 0.15) is 16.8 Å². The Morgan fingerprint density at radius 3 is 2.21 bits per heavy atom. The predicted octanol–water partition coefficient (Wildman–Crippen LogP) is 3.65. The molecule has 0 saturated heterocycles. The summed E-state index contributed by atoms with van der Waals surface area (Å²) in [4.78, 5) is 39.7. The Morgan fingerprint density at radius 1 is 0.862 bits per heavy atom. The van der Waals surface area contributed by atoms with E-state index < -0.39 is 23.8 Å². The molecule has 0 saturated carbocycles. The second-order valence-electron chi connectivity index (χ2n) is 6.55. The lowest BCUT2D eigenvalue weighted by Gasteiger charge is -2.27. The van der Waals surface area contributed by atoms with Crippen LogP contribution >= 0.6 is 0 Å². The van der Waals surface area contributed by atoms with E-state index in [1.807, 2.05) is 0 Å². The Labute approximate surface area is 167 Å². The number of rotatable bonds is 4. The third kappa shape index (κ3) is 3.87. The van der Waals surface area contributed by atoms with Gasteiger partial charge in [0.1, 0.15) is 6.04 Å². The molecule has 0 aliphatic carbocycles. The highest BCUT2D eigenvalue weighted by Crippen LogP contribution is 2.30. The van der Waals surface area contributed by atoms with Crippen LogP contribution in [0, 0.1) is 0 Å². The molecule has 1 aliphatic rings. The van der Waals surface area contributed by atoms with Crippen LogP contribution in [0.2, 0.25) is 0 Å². The van der Waals surface area contributed by atoms with Crippen molar-refractivity contribution in [3.05, 3.63) is 90.5 Å². The molecule has 6 nitrogen and oxygen atoms in total. The Morgan fingerprint density at radius 2 is 1.48 bits per heavy atom. The number of anilines is 2. The van der Waals surface area contributed by atoms with Crippen LogP contribution in [0.15, 0.2) is 84.9 Å². The van der Waals surface area contributed by atoms with Gasteiger partial charge in [0, 0.05) is 5.56 Å².